The summed E-state index contributed by atoms with van der Waals surface area (Å²) in [4.78, 5) is 35.0. The summed E-state index contributed by atoms with van der Waals surface area (Å²) in [6.07, 6.45) is 1.48. The van der Waals surface area contributed by atoms with Crippen molar-refractivity contribution >= 4 is 17.9 Å². The first-order chi connectivity index (χ1) is 11.5. The Kier molecular flexibility index (Phi) is 5.73. The highest BCUT2D eigenvalue weighted by atomic mass is 16.5. The van der Waals surface area contributed by atoms with Crippen LogP contribution in [0.4, 0.5) is 4.79 Å². The molecule has 0 aliphatic carbocycles. The van der Waals surface area contributed by atoms with Crippen molar-refractivity contribution in [2.24, 2.45) is 0 Å². The van der Waals surface area contributed by atoms with Crippen LogP contribution in [-0.4, -0.2) is 24.5 Å². The molecule has 1 heterocycles. The molecule has 2 rings (SSSR count). The predicted molar refractivity (Wildman–Crippen MR) is 85.3 cm³/mol. The van der Waals surface area contributed by atoms with Gasteiger partial charge < -0.3 is 14.5 Å². The molecule has 3 amide bonds. The fourth-order valence-electron chi connectivity index (χ4n) is 1.87. The molecule has 0 fully saturated rings. The van der Waals surface area contributed by atoms with E-state index in [0.29, 0.717) is 11.3 Å². The van der Waals surface area contributed by atoms with Gasteiger partial charge in [-0.1, -0.05) is 6.07 Å². The van der Waals surface area contributed by atoms with Crippen molar-refractivity contribution in [2.75, 3.05) is 6.61 Å². The van der Waals surface area contributed by atoms with Crippen LogP contribution in [0.15, 0.2) is 41.0 Å². The second kappa shape index (κ2) is 7.96. The minimum absolute atomic E-state index is 0.147. The summed E-state index contributed by atoms with van der Waals surface area (Å²) in [5, 5.41) is 4.51. The third kappa shape index (κ3) is 4.98. The first-order valence-electron chi connectivity index (χ1n) is 7.30. The van der Waals surface area contributed by atoms with E-state index in [-0.39, 0.29) is 6.54 Å². The monoisotopic (exact) mass is 330 g/mol. The Morgan fingerprint density at radius 1 is 1.12 bits per heavy atom. The lowest BCUT2D eigenvalue weighted by Crippen LogP contribution is -2.41. The van der Waals surface area contributed by atoms with E-state index in [4.69, 9.17) is 9.15 Å². The lowest BCUT2D eigenvalue weighted by Gasteiger charge is -2.07. The minimum atomic E-state index is -0.718. The molecule has 0 saturated carbocycles. The molecule has 24 heavy (non-hydrogen) atoms. The Morgan fingerprint density at radius 3 is 2.58 bits per heavy atom. The summed E-state index contributed by atoms with van der Waals surface area (Å²) in [6, 6.07) is 7.79. The molecule has 0 spiro atoms. The van der Waals surface area contributed by atoms with Crippen molar-refractivity contribution in [3.63, 3.8) is 0 Å². The van der Waals surface area contributed by atoms with E-state index in [0.717, 1.165) is 11.1 Å². The van der Waals surface area contributed by atoms with Gasteiger partial charge in [0.15, 0.2) is 6.61 Å². The average molecular weight is 330 g/mol. The van der Waals surface area contributed by atoms with E-state index >= 15 is 0 Å². The molecule has 0 aliphatic rings. The number of rotatable bonds is 5. The zero-order valence-corrected chi connectivity index (χ0v) is 13.4. The van der Waals surface area contributed by atoms with Crippen LogP contribution in [0.1, 0.15) is 27.2 Å². The van der Waals surface area contributed by atoms with Crippen LogP contribution < -0.4 is 10.6 Å². The topological polar surface area (TPSA) is 97.6 Å². The first-order valence-corrected chi connectivity index (χ1v) is 7.30. The summed E-state index contributed by atoms with van der Waals surface area (Å²) in [6.45, 7) is 3.41. The zero-order valence-electron chi connectivity index (χ0n) is 13.4. The van der Waals surface area contributed by atoms with Crippen molar-refractivity contribution in [3.05, 3.63) is 59.0 Å². The molecule has 0 unspecified atom stereocenters. The summed E-state index contributed by atoms with van der Waals surface area (Å²) in [5.74, 6) is -0.785. The number of ether oxygens (including phenoxy) is 1. The van der Waals surface area contributed by atoms with E-state index in [2.05, 4.69) is 10.6 Å². The van der Waals surface area contributed by atoms with Gasteiger partial charge in [0.1, 0.15) is 5.76 Å². The van der Waals surface area contributed by atoms with Crippen molar-refractivity contribution in [1.82, 2.24) is 10.6 Å². The molecule has 0 aliphatic heterocycles. The Labute approximate surface area is 139 Å². The molecular weight excluding hydrogens is 312 g/mol. The van der Waals surface area contributed by atoms with Gasteiger partial charge in [-0.25, -0.2) is 9.59 Å². The SMILES string of the molecule is Cc1ccc(C(=O)OCC(=O)NC(=O)NCc2ccco2)cc1C. The summed E-state index contributed by atoms with van der Waals surface area (Å²) >= 11 is 0. The molecule has 0 saturated heterocycles. The molecule has 2 aromatic rings. The number of carbonyl (C=O) groups is 3. The van der Waals surface area contributed by atoms with Gasteiger partial charge in [0.25, 0.3) is 5.91 Å². The van der Waals surface area contributed by atoms with Gasteiger partial charge in [0, 0.05) is 0 Å². The quantitative estimate of drug-likeness (QED) is 0.818. The first kappa shape index (κ1) is 17.3. The maximum atomic E-state index is 11.9. The summed E-state index contributed by atoms with van der Waals surface area (Å²) in [5.41, 5.74) is 2.36. The van der Waals surface area contributed by atoms with Gasteiger partial charge in [-0.05, 0) is 49.2 Å². The molecule has 126 valence electrons. The zero-order chi connectivity index (χ0) is 17.5. The van der Waals surface area contributed by atoms with Crippen molar-refractivity contribution in [2.45, 2.75) is 20.4 Å². The number of amides is 3. The molecule has 0 bridgehead atoms. The van der Waals surface area contributed by atoms with E-state index in [1.165, 1.54) is 6.26 Å². The number of benzene rings is 1. The molecule has 0 radical (unpaired) electrons. The van der Waals surface area contributed by atoms with Gasteiger partial charge >= 0.3 is 12.0 Å². The van der Waals surface area contributed by atoms with Crippen molar-refractivity contribution < 1.29 is 23.5 Å². The Bertz CT molecular complexity index is 737. The highest BCUT2D eigenvalue weighted by molar-refractivity contribution is 5.97. The van der Waals surface area contributed by atoms with E-state index in [1.807, 2.05) is 13.8 Å². The fraction of sp³-hybridized carbons (Fsp3) is 0.235. The van der Waals surface area contributed by atoms with Crippen molar-refractivity contribution in [1.29, 1.82) is 0 Å². The lowest BCUT2D eigenvalue weighted by molar-refractivity contribution is -0.123. The number of furan rings is 1. The predicted octanol–water partition coefficient (Wildman–Crippen LogP) is 2.08. The number of hydrogen-bond acceptors (Lipinski definition) is 5. The molecule has 7 heteroatoms. The standard InChI is InChI=1S/C17H18N2O5/c1-11-5-6-13(8-12(11)2)16(21)24-10-15(20)19-17(22)18-9-14-4-3-7-23-14/h3-8H,9-10H2,1-2H3,(H2,18,19,20,22). The molecule has 1 aromatic heterocycles. The highest BCUT2D eigenvalue weighted by Gasteiger charge is 2.13. The van der Waals surface area contributed by atoms with Gasteiger partial charge in [0.05, 0.1) is 18.4 Å². The number of imide groups is 1. The number of esters is 1. The van der Waals surface area contributed by atoms with E-state index in [1.54, 1.807) is 30.3 Å². The second-order valence-electron chi connectivity index (χ2n) is 5.19. The molecule has 1 aromatic carbocycles. The maximum Gasteiger partial charge on any atom is 0.338 e. The number of aryl methyl sites for hydroxylation is 2. The smallest absolute Gasteiger partial charge is 0.338 e. The summed E-state index contributed by atoms with van der Waals surface area (Å²) in [7, 11) is 0. The van der Waals surface area contributed by atoms with Gasteiger partial charge in [-0.15, -0.1) is 0 Å². The third-order valence-electron chi connectivity index (χ3n) is 3.33. The highest BCUT2D eigenvalue weighted by Crippen LogP contribution is 2.10. The number of carbonyl (C=O) groups excluding carboxylic acids is 3. The summed E-state index contributed by atoms with van der Waals surface area (Å²) < 4.78 is 9.92. The number of urea groups is 1. The molecule has 7 nitrogen and oxygen atoms in total. The molecular formula is C17H18N2O5. The maximum absolute atomic E-state index is 11.9. The largest absolute Gasteiger partial charge is 0.467 e. The lowest BCUT2D eigenvalue weighted by atomic mass is 10.1. The van der Waals surface area contributed by atoms with E-state index in [9.17, 15) is 14.4 Å². The Hall–Kier alpha value is -3.09. The van der Waals surface area contributed by atoms with Gasteiger partial charge in [-0.2, -0.15) is 0 Å². The number of nitrogens with one attached hydrogen (secondary N) is 2. The van der Waals surface area contributed by atoms with Crippen LogP contribution in [0, 0.1) is 13.8 Å². The minimum Gasteiger partial charge on any atom is -0.467 e. The van der Waals surface area contributed by atoms with Crippen LogP contribution in [-0.2, 0) is 16.1 Å². The Balaban J connectivity index is 1.74. The van der Waals surface area contributed by atoms with Crippen molar-refractivity contribution in [3.8, 4) is 0 Å². The second-order valence-corrected chi connectivity index (χ2v) is 5.19. The van der Waals surface area contributed by atoms with E-state index < -0.39 is 24.5 Å². The normalized spacial score (nSPS) is 10.1. The average Bonchev–Trinajstić information content (AvgIpc) is 3.06. The van der Waals surface area contributed by atoms with Crippen LogP contribution in [0.2, 0.25) is 0 Å². The van der Waals surface area contributed by atoms with Crippen LogP contribution in [0.5, 0.6) is 0 Å². The van der Waals surface area contributed by atoms with Crippen LogP contribution in [0.25, 0.3) is 0 Å². The third-order valence-corrected chi connectivity index (χ3v) is 3.33. The van der Waals surface area contributed by atoms with Gasteiger partial charge in [0.2, 0.25) is 0 Å². The number of hydrogen-bond donors (Lipinski definition) is 2. The molecule has 2 N–H and O–H groups in total. The molecule has 0 atom stereocenters. The van der Waals surface area contributed by atoms with Crippen LogP contribution in [0.3, 0.4) is 0 Å². The van der Waals surface area contributed by atoms with Gasteiger partial charge in [-0.3, -0.25) is 10.1 Å². The van der Waals surface area contributed by atoms with Crippen LogP contribution >= 0.6 is 0 Å². The fourth-order valence-corrected chi connectivity index (χ4v) is 1.87. The Morgan fingerprint density at radius 2 is 1.92 bits per heavy atom.